The predicted molar refractivity (Wildman–Crippen MR) is 117 cm³/mol. The molecule has 3 heteroatoms. The average molecular weight is 388 g/mol. The molecule has 1 aromatic heterocycles. The van der Waals surface area contributed by atoms with Crippen molar-refractivity contribution in [1.29, 1.82) is 0 Å². The normalized spacial score (nSPS) is 34.1. The first-order valence-electron chi connectivity index (χ1n) is 11.6. The highest BCUT2D eigenvalue weighted by Gasteiger charge is 2.39. The monoisotopic (exact) mass is 387 g/mol. The highest BCUT2D eigenvalue weighted by Crippen LogP contribution is 2.48. The Hall–Kier alpha value is -1.25. The van der Waals surface area contributed by atoms with Crippen molar-refractivity contribution in [2.45, 2.75) is 92.0 Å². The average Bonchev–Trinajstić information content (AvgIpc) is 2.63. The Balaban J connectivity index is 2.12. The standard InChI is InChI=1S/C25H41NO2/c1-15(2)19-9-7-17(5)13-21(19)24-25(28)23(27)11-12-26(24)22-14-18(6)8-10-20(22)16(3)4/h11-12,15-22,28H,7-10,13-14H2,1-6H3. The van der Waals surface area contributed by atoms with Crippen LogP contribution in [0.4, 0.5) is 0 Å². The first-order valence-corrected chi connectivity index (χ1v) is 11.6. The summed E-state index contributed by atoms with van der Waals surface area (Å²) < 4.78 is 2.36. The minimum absolute atomic E-state index is 0.0213. The molecule has 1 heterocycles. The summed E-state index contributed by atoms with van der Waals surface area (Å²) in [5.74, 6) is 3.96. The van der Waals surface area contributed by atoms with Gasteiger partial charge in [-0.25, -0.2) is 0 Å². The van der Waals surface area contributed by atoms with Gasteiger partial charge in [0.2, 0.25) is 5.43 Å². The Labute approximate surface area is 171 Å². The van der Waals surface area contributed by atoms with Crippen LogP contribution < -0.4 is 5.43 Å². The molecule has 0 bridgehead atoms. The molecule has 2 fully saturated rings. The summed E-state index contributed by atoms with van der Waals surface area (Å²) in [5.41, 5.74) is 0.736. The third-order valence-electron chi connectivity index (χ3n) is 7.86. The molecule has 1 aromatic rings. The van der Waals surface area contributed by atoms with Crippen molar-refractivity contribution in [2.24, 2.45) is 35.5 Å². The van der Waals surface area contributed by atoms with E-state index < -0.39 is 0 Å². The molecule has 0 amide bonds. The SMILES string of the molecule is CC1CCC(C(C)C)C(c2c(O)c(=O)ccn2C2CC(C)CCC2C(C)C)C1. The van der Waals surface area contributed by atoms with Crippen LogP contribution in [-0.4, -0.2) is 9.67 Å². The molecule has 6 atom stereocenters. The van der Waals surface area contributed by atoms with E-state index in [1.54, 1.807) is 6.07 Å². The maximum absolute atomic E-state index is 12.5. The third kappa shape index (κ3) is 4.19. The number of hydrogen-bond donors (Lipinski definition) is 1. The Kier molecular flexibility index (Phi) is 6.61. The zero-order chi connectivity index (χ0) is 20.6. The Morgan fingerprint density at radius 3 is 2.11 bits per heavy atom. The summed E-state index contributed by atoms with van der Waals surface area (Å²) in [6.45, 7) is 13.9. The van der Waals surface area contributed by atoms with E-state index in [2.05, 4.69) is 46.1 Å². The van der Waals surface area contributed by atoms with Crippen molar-refractivity contribution in [3.8, 4) is 5.75 Å². The molecule has 3 nitrogen and oxygen atoms in total. The Bertz CT molecular complexity index is 720. The molecular formula is C25H41NO2. The molecule has 0 aromatic carbocycles. The van der Waals surface area contributed by atoms with Crippen molar-refractivity contribution < 1.29 is 5.11 Å². The van der Waals surface area contributed by atoms with Crippen LogP contribution in [0.25, 0.3) is 0 Å². The quantitative estimate of drug-likeness (QED) is 0.653. The number of nitrogens with zero attached hydrogens (tertiary/aromatic N) is 1. The molecule has 0 aliphatic heterocycles. The number of aromatic nitrogens is 1. The fourth-order valence-corrected chi connectivity index (χ4v) is 6.20. The smallest absolute Gasteiger partial charge is 0.223 e. The summed E-state index contributed by atoms with van der Waals surface area (Å²) in [6.07, 6.45) is 9.21. The summed E-state index contributed by atoms with van der Waals surface area (Å²) >= 11 is 0. The van der Waals surface area contributed by atoms with Gasteiger partial charge in [-0.1, -0.05) is 54.4 Å². The van der Waals surface area contributed by atoms with Crippen LogP contribution in [0.2, 0.25) is 0 Å². The summed E-state index contributed by atoms with van der Waals surface area (Å²) in [5, 5.41) is 11.0. The van der Waals surface area contributed by atoms with Crippen molar-refractivity contribution in [1.82, 2.24) is 4.57 Å². The van der Waals surface area contributed by atoms with Gasteiger partial charge in [0.25, 0.3) is 0 Å². The molecule has 2 aliphatic carbocycles. The van der Waals surface area contributed by atoms with E-state index in [0.29, 0.717) is 41.5 Å². The number of rotatable bonds is 4. The second-order valence-corrected chi connectivity index (χ2v) is 10.6. The van der Waals surface area contributed by atoms with Gasteiger partial charge in [0.1, 0.15) is 0 Å². The number of aromatic hydroxyl groups is 1. The van der Waals surface area contributed by atoms with Crippen LogP contribution in [-0.2, 0) is 0 Å². The minimum Gasteiger partial charge on any atom is -0.503 e. The number of hydrogen-bond acceptors (Lipinski definition) is 2. The first kappa shape index (κ1) is 21.5. The van der Waals surface area contributed by atoms with Crippen molar-refractivity contribution in [2.75, 3.05) is 0 Å². The lowest BCUT2D eigenvalue weighted by molar-refractivity contribution is 0.133. The summed E-state index contributed by atoms with van der Waals surface area (Å²) in [6, 6.07) is 1.97. The van der Waals surface area contributed by atoms with Crippen molar-refractivity contribution >= 4 is 0 Å². The fourth-order valence-electron chi connectivity index (χ4n) is 6.20. The van der Waals surface area contributed by atoms with E-state index in [1.165, 1.54) is 25.7 Å². The lowest BCUT2D eigenvalue weighted by Gasteiger charge is -2.43. The zero-order valence-electron chi connectivity index (χ0n) is 18.8. The third-order valence-corrected chi connectivity index (χ3v) is 7.86. The molecule has 0 radical (unpaired) electrons. The van der Waals surface area contributed by atoms with Crippen LogP contribution in [0.15, 0.2) is 17.1 Å². The first-order chi connectivity index (χ1) is 13.2. The lowest BCUT2D eigenvalue weighted by atomic mass is 9.68. The van der Waals surface area contributed by atoms with Crippen molar-refractivity contribution in [3.63, 3.8) is 0 Å². The molecule has 2 saturated carbocycles. The molecule has 1 N–H and O–H groups in total. The molecule has 28 heavy (non-hydrogen) atoms. The van der Waals surface area contributed by atoms with Gasteiger partial charge in [-0.2, -0.15) is 0 Å². The molecular weight excluding hydrogens is 346 g/mol. The molecule has 6 unspecified atom stereocenters. The van der Waals surface area contributed by atoms with Gasteiger partial charge in [-0.05, 0) is 61.2 Å². The van der Waals surface area contributed by atoms with Crippen LogP contribution in [0.1, 0.15) is 97.7 Å². The minimum atomic E-state index is -0.211. The molecule has 0 saturated heterocycles. The lowest BCUT2D eigenvalue weighted by Crippen LogP contribution is -2.35. The molecule has 3 rings (SSSR count). The second kappa shape index (κ2) is 8.63. The van der Waals surface area contributed by atoms with Crippen LogP contribution >= 0.6 is 0 Å². The van der Waals surface area contributed by atoms with Gasteiger partial charge in [-0.3, -0.25) is 4.79 Å². The van der Waals surface area contributed by atoms with Gasteiger partial charge >= 0.3 is 0 Å². The molecule has 2 aliphatic rings. The molecule has 158 valence electrons. The maximum atomic E-state index is 12.5. The zero-order valence-corrected chi connectivity index (χ0v) is 18.8. The van der Waals surface area contributed by atoms with E-state index in [9.17, 15) is 9.90 Å². The largest absolute Gasteiger partial charge is 0.503 e. The van der Waals surface area contributed by atoms with Gasteiger partial charge < -0.3 is 9.67 Å². The topological polar surface area (TPSA) is 42.2 Å². The van der Waals surface area contributed by atoms with Crippen LogP contribution in [0.3, 0.4) is 0 Å². The fraction of sp³-hybridized carbons (Fsp3) is 0.800. The van der Waals surface area contributed by atoms with E-state index in [0.717, 1.165) is 18.5 Å². The van der Waals surface area contributed by atoms with E-state index in [1.807, 2.05) is 6.20 Å². The maximum Gasteiger partial charge on any atom is 0.223 e. The predicted octanol–water partition coefficient (Wildman–Crippen LogP) is 6.36. The van der Waals surface area contributed by atoms with Crippen LogP contribution in [0, 0.1) is 35.5 Å². The van der Waals surface area contributed by atoms with Crippen molar-refractivity contribution in [3.05, 3.63) is 28.2 Å². The Morgan fingerprint density at radius 2 is 1.50 bits per heavy atom. The summed E-state index contributed by atoms with van der Waals surface area (Å²) in [7, 11) is 0. The van der Waals surface area contributed by atoms with E-state index in [4.69, 9.17) is 0 Å². The Morgan fingerprint density at radius 1 is 0.929 bits per heavy atom. The van der Waals surface area contributed by atoms with Gasteiger partial charge in [0.15, 0.2) is 5.75 Å². The van der Waals surface area contributed by atoms with Gasteiger partial charge in [0, 0.05) is 24.2 Å². The second-order valence-electron chi connectivity index (χ2n) is 10.6. The highest BCUT2D eigenvalue weighted by molar-refractivity contribution is 5.32. The van der Waals surface area contributed by atoms with E-state index in [-0.39, 0.29) is 17.1 Å². The summed E-state index contributed by atoms with van der Waals surface area (Å²) in [4.78, 5) is 12.5. The van der Waals surface area contributed by atoms with Gasteiger partial charge in [0.05, 0.1) is 5.69 Å². The highest BCUT2D eigenvalue weighted by atomic mass is 16.3. The van der Waals surface area contributed by atoms with Gasteiger partial charge in [-0.15, -0.1) is 0 Å². The number of pyridine rings is 1. The molecule has 0 spiro atoms. The van der Waals surface area contributed by atoms with E-state index >= 15 is 0 Å². The van der Waals surface area contributed by atoms with Crippen LogP contribution in [0.5, 0.6) is 5.75 Å².